The number of carbonyl (C=O) groups excluding carboxylic acids is 1. The van der Waals surface area contributed by atoms with Crippen LogP contribution in [-0.2, 0) is 11.8 Å². The van der Waals surface area contributed by atoms with Crippen molar-refractivity contribution in [2.24, 2.45) is 7.05 Å². The van der Waals surface area contributed by atoms with Gasteiger partial charge in [0.1, 0.15) is 11.7 Å². The molecule has 3 aromatic rings. The lowest BCUT2D eigenvalue weighted by Crippen LogP contribution is -2.51. The number of hydrogen-bond acceptors (Lipinski definition) is 6. The Morgan fingerprint density at radius 1 is 1.16 bits per heavy atom. The van der Waals surface area contributed by atoms with Gasteiger partial charge in [-0.2, -0.15) is 0 Å². The first kappa shape index (κ1) is 25.2. The van der Waals surface area contributed by atoms with Crippen molar-refractivity contribution in [3.8, 4) is 0 Å². The van der Waals surface area contributed by atoms with Crippen molar-refractivity contribution in [1.82, 2.24) is 24.3 Å². The van der Waals surface area contributed by atoms with Gasteiger partial charge in [0.05, 0.1) is 30.0 Å². The molecule has 0 saturated carbocycles. The fraction of sp³-hybridized carbons (Fsp3) is 0.414. The maximum Gasteiger partial charge on any atom is 0.410 e. The van der Waals surface area contributed by atoms with E-state index < -0.39 is 11.7 Å². The summed E-state index contributed by atoms with van der Waals surface area (Å²) in [5.41, 5.74) is 6.19. The van der Waals surface area contributed by atoms with Gasteiger partial charge in [-0.3, -0.25) is 9.88 Å². The van der Waals surface area contributed by atoms with Gasteiger partial charge in [0.15, 0.2) is 0 Å². The number of pyridine rings is 1. The molecular formula is C29H35N5O3. The molecule has 2 atom stereocenters. The first-order valence-corrected chi connectivity index (χ1v) is 12.8. The third kappa shape index (κ3) is 5.04. The second-order valence-corrected chi connectivity index (χ2v) is 10.9. The molecular weight excluding hydrogens is 466 g/mol. The van der Waals surface area contributed by atoms with Gasteiger partial charge < -0.3 is 19.3 Å². The summed E-state index contributed by atoms with van der Waals surface area (Å²) >= 11 is 0. The van der Waals surface area contributed by atoms with Crippen LogP contribution in [0, 0.1) is 6.92 Å². The number of carbonyl (C=O) groups is 1. The highest BCUT2D eigenvalue weighted by atomic mass is 16.6. The second kappa shape index (κ2) is 9.76. The van der Waals surface area contributed by atoms with Crippen LogP contribution in [-0.4, -0.2) is 67.3 Å². The highest BCUT2D eigenvalue weighted by molar-refractivity contribution is 5.88. The molecule has 194 valence electrons. The Hall–Kier alpha value is -3.49. The molecule has 1 aliphatic carbocycles. The zero-order valence-electron chi connectivity index (χ0n) is 22.2. The normalized spacial score (nSPS) is 18.9. The van der Waals surface area contributed by atoms with Crippen LogP contribution in [0.2, 0.25) is 0 Å². The minimum Gasteiger partial charge on any atom is -0.444 e. The largest absolute Gasteiger partial charge is 0.444 e. The van der Waals surface area contributed by atoms with Gasteiger partial charge in [-0.1, -0.05) is 29.8 Å². The van der Waals surface area contributed by atoms with Crippen molar-refractivity contribution in [3.05, 3.63) is 82.7 Å². The zero-order chi connectivity index (χ0) is 26.3. The van der Waals surface area contributed by atoms with E-state index in [1.54, 1.807) is 17.4 Å². The molecule has 1 fully saturated rings. The molecule has 0 radical (unpaired) electrons. The Morgan fingerprint density at radius 3 is 2.59 bits per heavy atom. The average molecular weight is 502 g/mol. The first-order chi connectivity index (χ1) is 17.6. The minimum atomic E-state index is -0.844. The van der Waals surface area contributed by atoms with Crippen LogP contribution in [0.4, 0.5) is 4.79 Å². The van der Waals surface area contributed by atoms with Crippen LogP contribution < -0.4 is 0 Å². The number of aromatic nitrogens is 3. The topological polar surface area (TPSA) is 83.7 Å². The number of benzene rings is 1. The van der Waals surface area contributed by atoms with Crippen LogP contribution in [0.5, 0.6) is 0 Å². The fourth-order valence-corrected chi connectivity index (χ4v) is 5.21. The van der Waals surface area contributed by atoms with Gasteiger partial charge in [0.2, 0.25) is 0 Å². The molecule has 2 unspecified atom stereocenters. The Labute approximate surface area is 218 Å². The molecule has 8 heteroatoms. The van der Waals surface area contributed by atoms with Crippen molar-refractivity contribution in [3.63, 3.8) is 0 Å². The smallest absolute Gasteiger partial charge is 0.410 e. The number of hydrogen-bond donors (Lipinski definition) is 1. The lowest BCUT2D eigenvalue weighted by molar-refractivity contribution is 0.0118. The number of amides is 1. The molecule has 5 rings (SSSR count). The van der Waals surface area contributed by atoms with E-state index in [0.29, 0.717) is 26.2 Å². The van der Waals surface area contributed by atoms with Gasteiger partial charge >= 0.3 is 6.09 Å². The van der Waals surface area contributed by atoms with Crippen LogP contribution in [0.25, 0.3) is 11.6 Å². The molecule has 0 bridgehead atoms. The Morgan fingerprint density at radius 2 is 1.92 bits per heavy atom. The highest BCUT2D eigenvalue weighted by Crippen LogP contribution is 2.43. The summed E-state index contributed by atoms with van der Waals surface area (Å²) in [7, 11) is 1.89. The molecule has 1 saturated heterocycles. The fourth-order valence-electron chi connectivity index (χ4n) is 5.21. The number of piperazine rings is 1. The molecule has 2 aliphatic rings. The number of fused-ring (bicyclic) bond motifs is 2. The number of imidazole rings is 1. The number of aliphatic hydroxyl groups is 1. The summed E-state index contributed by atoms with van der Waals surface area (Å²) in [5.74, 6) is 0. The Kier molecular flexibility index (Phi) is 6.64. The van der Waals surface area contributed by atoms with Crippen LogP contribution in [0.15, 0.2) is 49.1 Å². The van der Waals surface area contributed by atoms with E-state index in [4.69, 9.17) is 9.72 Å². The van der Waals surface area contributed by atoms with E-state index in [-0.39, 0.29) is 12.1 Å². The molecule has 37 heavy (non-hydrogen) atoms. The molecule has 3 heterocycles. The standard InChI is InChI=1S/C29H35N5O3/c1-19-8-9-21-22(15-19)23(27(35)24-17-30-18-32(24)5)16-20-7-6-10-31-25(20)26(21)33-11-13-34(14-12-33)28(36)37-29(2,3)4/h6-10,15-18,26-27,35H,11-14H2,1-5H3. The Balaban J connectivity index is 1.53. The molecule has 1 N–H and O–H groups in total. The third-order valence-corrected chi connectivity index (χ3v) is 7.02. The SMILES string of the molecule is Cc1ccc2c(c1)C(C(O)c1cncn1C)=Cc1cccnc1C2N1CCN(C(=O)OC(C)(C)C)CC1. The van der Waals surface area contributed by atoms with Crippen LogP contribution in [0.3, 0.4) is 0 Å². The van der Waals surface area contributed by atoms with Crippen LogP contribution in [0.1, 0.15) is 66.6 Å². The number of nitrogens with zero attached hydrogens (tertiary/aromatic N) is 5. The first-order valence-electron chi connectivity index (χ1n) is 12.8. The molecule has 8 nitrogen and oxygen atoms in total. The summed E-state index contributed by atoms with van der Waals surface area (Å²) in [6, 6.07) is 10.3. The zero-order valence-corrected chi connectivity index (χ0v) is 22.2. The van der Waals surface area contributed by atoms with Gasteiger partial charge in [-0.25, -0.2) is 9.78 Å². The summed E-state index contributed by atoms with van der Waals surface area (Å²) < 4.78 is 7.45. The van der Waals surface area contributed by atoms with Crippen molar-refractivity contribution in [2.45, 2.75) is 45.4 Å². The number of ether oxygens (including phenoxy) is 1. The lowest BCUT2D eigenvalue weighted by Gasteiger charge is -2.40. The van der Waals surface area contributed by atoms with E-state index in [1.165, 1.54) is 0 Å². The molecule has 1 amide bonds. The predicted molar refractivity (Wildman–Crippen MR) is 143 cm³/mol. The van der Waals surface area contributed by atoms with E-state index in [1.807, 2.05) is 44.6 Å². The van der Waals surface area contributed by atoms with Gasteiger partial charge in [-0.05, 0) is 62.1 Å². The summed E-state index contributed by atoms with van der Waals surface area (Å²) in [6.45, 7) is 10.3. The Bertz CT molecular complexity index is 1330. The van der Waals surface area contributed by atoms with Crippen molar-refractivity contribution < 1.29 is 14.6 Å². The molecule has 1 aromatic carbocycles. The predicted octanol–water partition coefficient (Wildman–Crippen LogP) is 4.35. The molecule has 0 spiro atoms. The third-order valence-electron chi connectivity index (χ3n) is 7.02. The quantitative estimate of drug-likeness (QED) is 0.574. The van der Waals surface area contributed by atoms with Crippen molar-refractivity contribution in [1.29, 1.82) is 0 Å². The maximum atomic E-state index is 12.7. The monoisotopic (exact) mass is 501 g/mol. The lowest BCUT2D eigenvalue weighted by atomic mass is 9.89. The number of aliphatic hydroxyl groups excluding tert-OH is 1. The second-order valence-electron chi connectivity index (χ2n) is 10.9. The van der Waals surface area contributed by atoms with Crippen molar-refractivity contribution >= 4 is 17.7 Å². The van der Waals surface area contributed by atoms with Crippen molar-refractivity contribution in [2.75, 3.05) is 26.2 Å². The summed E-state index contributed by atoms with van der Waals surface area (Å²) in [6.07, 6.45) is 6.19. The van der Waals surface area contributed by atoms with E-state index >= 15 is 0 Å². The van der Waals surface area contributed by atoms with Gasteiger partial charge in [0, 0.05) is 39.4 Å². The maximum absolute atomic E-state index is 12.7. The average Bonchev–Trinajstić information content (AvgIpc) is 3.23. The van der Waals surface area contributed by atoms with Crippen LogP contribution >= 0.6 is 0 Å². The van der Waals surface area contributed by atoms with Gasteiger partial charge in [-0.15, -0.1) is 0 Å². The highest BCUT2D eigenvalue weighted by Gasteiger charge is 2.35. The van der Waals surface area contributed by atoms with E-state index in [9.17, 15) is 9.90 Å². The molecule has 1 aliphatic heterocycles. The van der Waals surface area contributed by atoms with E-state index in [0.717, 1.165) is 39.2 Å². The summed E-state index contributed by atoms with van der Waals surface area (Å²) in [4.78, 5) is 25.9. The van der Waals surface area contributed by atoms with E-state index in [2.05, 4.69) is 47.1 Å². The van der Waals surface area contributed by atoms with Gasteiger partial charge in [0.25, 0.3) is 0 Å². The number of aryl methyl sites for hydroxylation is 2. The molecule has 2 aromatic heterocycles. The summed E-state index contributed by atoms with van der Waals surface area (Å²) in [5, 5.41) is 11.6. The minimum absolute atomic E-state index is 0.111. The number of rotatable bonds is 3.